The Kier molecular flexibility index (Phi) is 3.19. The van der Waals surface area contributed by atoms with Gasteiger partial charge in [0.1, 0.15) is 6.04 Å². The minimum Gasteiger partial charge on any atom is -0.476 e. The molecule has 0 aliphatic carbocycles. The van der Waals surface area contributed by atoms with Crippen molar-refractivity contribution in [3.63, 3.8) is 0 Å². The van der Waals surface area contributed by atoms with Gasteiger partial charge < -0.3 is 10.8 Å². The summed E-state index contributed by atoms with van der Waals surface area (Å²) in [5, 5.41) is 20.1. The van der Waals surface area contributed by atoms with Gasteiger partial charge in [0.25, 0.3) is 5.91 Å². The fraction of sp³-hybridized carbons (Fsp3) is 0.375. The Morgan fingerprint density at radius 1 is 1.62 bits per heavy atom. The molecule has 8 heteroatoms. The molecule has 16 heavy (non-hydrogen) atoms. The second-order valence-corrected chi connectivity index (χ2v) is 3.35. The first-order valence-corrected chi connectivity index (χ1v) is 4.27. The predicted octanol–water partition coefficient (Wildman–Crippen LogP) is -1.33. The Hall–Kier alpha value is -1.62. The maximum absolute atomic E-state index is 11.5. The number of hydrogen-bond acceptors (Lipinski definition) is 5. The van der Waals surface area contributed by atoms with E-state index >= 15 is 0 Å². The molecule has 1 amide bonds. The number of amides is 1. The third-order valence-electron chi connectivity index (χ3n) is 2.39. The van der Waals surface area contributed by atoms with Crippen molar-refractivity contribution in [2.45, 2.75) is 6.04 Å². The summed E-state index contributed by atoms with van der Waals surface area (Å²) in [7, 11) is 0. The lowest BCUT2D eigenvalue weighted by atomic mass is 10.2. The van der Waals surface area contributed by atoms with Crippen LogP contribution in [0.1, 0.15) is 0 Å². The van der Waals surface area contributed by atoms with E-state index in [0.29, 0.717) is 0 Å². The van der Waals surface area contributed by atoms with Crippen molar-refractivity contribution >= 4 is 24.3 Å². The molecule has 0 aromatic heterocycles. The van der Waals surface area contributed by atoms with Crippen LogP contribution in [0.25, 0.3) is 0 Å². The lowest BCUT2D eigenvalue weighted by Crippen LogP contribution is -2.37. The zero-order valence-corrected chi connectivity index (χ0v) is 8.90. The standard InChI is InChI=1S/C8H8N4O3.ClH/c9-1-4-2-11-3-5(10)7(13)12(11)6(4)8(14)15;/h5H,2-3,10H2,(H,14,15);1H/t5-;/m0./s1. The van der Waals surface area contributed by atoms with Gasteiger partial charge >= 0.3 is 5.97 Å². The van der Waals surface area contributed by atoms with E-state index in [2.05, 4.69) is 0 Å². The summed E-state index contributed by atoms with van der Waals surface area (Å²) in [6.07, 6.45) is 0. The van der Waals surface area contributed by atoms with Crippen LogP contribution in [-0.2, 0) is 9.59 Å². The van der Waals surface area contributed by atoms with Crippen LogP contribution in [0.15, 0.2) is 11.3 Å². The summed E-state index contributed by atoms with van der Waals surface area (Å²) < 4.78 is 0. The van der Waals surface area contributed by atoms with Crippen molar-refractivity contribution in [2.24, 2.45) is 5.73 Å². The molecule has 2 aliphatic rings. The zero-order chi connectivity index (χ0) is 11.2. The minimum absolute atomic E-state index is 0. The molecule has 0 spiro atoms. The summed E-state index contributed by atoms with van der Waals surface area (Å²) in [4.78, 5) is 22.4. The Labute approximate surface area is 97.1 Å². The molecule has 1 saturated heterocycles. The molecule has 0 saturated carbocycles. The maximum atomic E-state index is 11.5. The fourth-order valence-corrected chi connectivity index (χ4v) is 1.76. The van der Waals surface area contributed by atoms with Crippen LogP contribution in [-0.4, -0.2) is 46.1 Å². The molecule has 7 nitrogen and oxygen atoms in total. The van der Waals surface area contributed by atoms with Crippen molar-refractivity contribution in [3.8, 4) is 6.07 Å². The van der Waals surface area contributed by atoms with Crippen LogP contribution >= 0.6 is 12.4 Å². The third-order valence-corrected chi connectivity index (χ3v) is 2.39. The maximum Gasteiger partial charge on any atom is 0.355 e. The average molecular weight is 245 g/mol. The minimum atomic E-state index is -1.28. The van der Waals surface area contributed by atoms with Crippen LogP contribution in [0.3, 0.4) is 0 Å². The number of nitrogens with zero attached hydrogens (tertiary/aromatic N) is 3. The molecule has 0 aromatic rings. The van der Waals surface area contributed by atoms with Crippen molar-refractivity contribution in [1.29, 1.82) is 5.26 Å². The Balaban J connectivity index is 0.00000128. The summed E-state index contributed by atoms with van der Waals surface area (Å²) in [5.41, 5.74) is 5.30. The molecule has 0 unspecified atom stereocenters. The van der Waals surface area contributed by atoms with Crippen LogP contribution in [0.5, 0.6) is 0 Å². The highest BCUT2D eigenvalue weighted by Crippen LogP contribution is 2.28. The number of hydrogen-bond donors (Lipinski definition) is 2. The second-order valence-electron chi connectivity index (χ2n) is 3.35. The van der Waals surface area contributed by atoms with Crippen LogP contribution in [0, 0.1) is 11.3 Å². The van der Waals surface area contributed by atoms with Crippen LogP contribution in [0.4, 0.5) is 0 Å². The molecule has 2 rings (SSSR count). The van der Waals surface area contributed by atoms with Gasteiger partial charge in [-0.3, -0.25) is 4.79 Å². The van der Waals surface area contributed by atoms with E-state index in [1.165, 1.54) is 5.01 Å². The Morgan fingerprint density at radius 2 is 2.25 bits per heavy atom. The first-order chi connectivity index (χ1) is 7.06. The molecule has 2 aliphatic heterocycles. The molecule has 86 valence electrons. The lowest BCUT2D eigenvalue weighted by Gasteiger charge is -2.18. The number of hydrazine groups is 1. The molecule has 0 bridgehead atoms. The quantitative estimate of drug-likeness (QED) is 0.591. The van der Waals surface area contributed by atoms with Crippen molar-refractivity contribution in [1.82, 2.24) is 10.0 Å². The number of carboxylic acids is 1. The van der Waals surface area contributed by atoms with E-state index < -0.39 is 17.9 Å². The monoisotopic (exact) mass is 244 g/mol. The van der Waals surface area contributed by atoms with Crippen molar-refractivity contribution < 1.29 is 14.7 Å². The van der Waals surface area contributed by atoms with Gasteiger partial charge in [-0.2, -0.15) is 5.26 Å². The zero-order valence-electron chi connectivity index (χ0n) is 8.08. The van der Waals surface area contributed by atoms with Gasteiger partial charge in [-0.25, -0.2) is 14.8 Å². The Bertz CT molecular complexity index is 427. The SMILES string of the molecule is Cl.N#CC1=C(C(=O)O)N2C(=O)[C@@H](N)CN2C1. The number of carbonyl (C=O) groups excluding carboxylic acids is 1. The van der Waals surface area contributed by atoms with E-state index in [9.17, 15) is 9.59 Å². The van der Waals surface area contributed by atoms with Gasteiger partial charge in [-0.05, 0) is 0 Å². The summed E-state index contributed by atoms with van der Waals surface area (Å²) in [5.74, 6) is -1.76. The molecule has 1 atom stereocenters. The summed E-state index contributed by atoms with van der Waals surface area (Å²) >= 11 is 0. The molecule has 0 aromatic carbocycles. The second kappa shape index (κ2) is 4.09. The van der Waals surface area contributed by atoms with Gasteiger partial charge in [0, 0.05) is 6.54 Å². The fourth-order valence-electron chi connectivity index (χ4n) is 1.76. The number of fused-ring (bicyclic) bond motifs is 1. The number of aliphatic carboxylic acids is 1. The lowest BCUT2D eigenvalue weighted by molar-refractivity contribution is -0.143. The highest BCUT2D eigenvalue weighted by atomic mass is 35.5. The van der Waals surface area contributed by atoms with E-state index in [0.717, 1.165) is 5.01 Å². The average Bonchev–Trinajstić information content (AvgIpc) is 2.65. The smallest absolute Gasteiger partial charge is 0.355 e. The van der Waals surface area contributed by atoms with Gasteiger partial charge in [0.15, 0.2) is 5.70 Å². The first-order valence-electron chi connectivity index (χ1n) is 4.27. The molecule has 1 fully saturated rings. The number of nitriles is 1. The highest BCUT2D eigenvalue weighted by molar-refractivity contribution is 5.97. The highest BCUT2D eigenvalue weighted by Gasteiger charge is 2.46. The van der Waals surface area contributed by atoms with Crippen LogP contribution in [0.2, 0.25) is 0 Å². The number of halogens is 1. The number of nitrogens with two attached hydrogens (primary N) is 1. The molecular formula is C8H9ClN4O3. The van der Waals surface area contributed by atoms with Crippen LogP contribution < -0.4 is 5.73 Å². The van der Waals surface area contributed by atoms with Gasteiger partial charge in [0.2, 0.25) is 0 Å². The van der Waals surface area contributed by atoms with Crippen molar-refractivity contribution in [3.05, 3.63) is 11.3 Å². The van der Waals surface area contributed by atoms with E-state index in [1.54, 1.807) is 6.07 Å². The van der Waals surface area contributed by atoms with Gasteiger partial charge in [-0.15, -0.1) is 12.4 Å². The molecule has 0 radical (unpaired) electrons. The molecule has 3 N–H and O–H groups in total. The van der Waals surface area contributed by atoms with Crippen molar-refractivity contribution in [2.75, 3.05) is 13.1 Å². The largest absolute Gasteiger partial charge is 0.476 e. The number of rotatable bonds is 1. The van der Waals surface area contributed by atoms with Gasteiger partial charge in [0.05, 0.1) is 18.2 Å². The topological polar surface area (TPSA) is 111 Å². The number of carboxylic acid groups (broad SMARTS) is 1. The predicted molar refractivity (Wildman–Crippen MR) is 53.9 cm³/mol. The summed E-state index contributed by atoms with van der Waals surface area (Å²) in [6.45, 7) is 0.387. The first kappa shape index (κ1) is 12.4. The van der Waals surface area contributed by atoms with E-state index in [-0.39, 0.29) is 36.8 Å². The third kappa shape index (κ3) is 1.53. The normalized spacial score (nSPS) is 24.1. The Morgan fingerprint density at radius 3 is 2.75 bits per heavy atom. The molecular weight excluding hydrogens is 236 g/mol. The summed E-state index contributed by atoms with van der Waals surface area (Å²) in [6, 6.07) is 1.07. The molecule has 2 heterocycles. The number of carbonyl (C=O) groups is 2. The van der Waals surface area contributed by atoms with E-state index in [1.807, 2.05) is 0 Å². The van der Waals surface area contributed by atoms with Gasteiger partial charge in [-0.1, -0.05) is 0 Å². The van der Waals surface area contributed by atoms with E-state index in [4.69, 9.17) is 16.1 Å².